The fraction of sp³-hybridized carbons (Fsp3) is 0.471. The highest BCUT2D eigenvalue weighted by atomic mass is 16.5. The van der Waals surface area contributed by atoms with Crippen molar-refractivity contribution in [2.75, 3.05) is 13.2 Å². The van der Waals surface area contributed by atoms with Crippen molar-refractivity contribution in [3.63, 3.8) is 0 Å². The van der Waals surface area contributed by atoms with Crippen LogP contribution >= 0.6 is 0 Å². The predicted octanol–water partition coefficient (Wildman–Crippen LogP) is 6.11. The number of benzene rings is 2. The lowest BCUT2D eigenvalue weighted by Gasteiger charge is -2.30. The van der Waals surface area contributed by atoms with Gasteiger partial charge < -0.3 is 20.2 Å². The number of allylic oxidation sites excluding steroid dienone is 2. The molecule has 1 amide bonds. The Hall–Kier alpha value is -3.74. The highest BCUT2D eigenvalue weighted by molar-refractivity contribution is 6.22. The Morgan fingerprint density at radius 3 is 2.12 bits per heavy atom. The van der Waals surface area contributed by atoms with Crippen molar-refractivity contribution < 1.29 is 23.9 Å². The zero-order valence-electron chi connectivity index (χ0n) is 24.6. The Labute approximate surface area is 243 Å². The van der Waals surface area contributed by atoms with Crippen LogP contribution in [0.4, 0.5) is 4.79 Å². The number of carbonyl (C=O) groups excluding carboxylic acids is 4. The second-order valence-corrected chi connectivity index (χ2v) is 12.5. The number of aldehydes is 1. The normalized spacial score (nSPS) is 16.7. The summed E-state index contributed by atoms with van der Waals surface area (Å²) < 4.78 is 5.58. The molecular formula is C34H42N2O5. The van der Waals surface area contributed by atoms with Gasteiger partial charge in [-0.05, 0) is 59.3 Å². The average Bonchev–Trinajstić information content (AvgIpc) is 3.23. The number of unbranched alkanes of at least 4 members (excludes halogenated alkanes) is 1. The topological polar surface area (TPSA) is 102 Å². The molecule has 7 nitrogen and oxygen atoms in total. The van der Waals surface area contributed by atoms with Gasteiger partial charge >= 0.3 is 6.09 Å². The van der Waals surface area contributed by atoms with Gasteiger partial charge in [0.05, 0.1) is 11.6 Å². The lowest BCUT2D eigenvalue weighted by Crippen LogP contribution is -2.37. The van der Waals surface area contributed by atoms with Crippen LogP contribution in [0.15, 0.2) is 59.8 Å². The fourth-order valence-corrected chi connectivity index (χ4v) is 5.97. The zero-order chi connectivity index (χ0) is 29.6. The molecule has 0 aliphatic heterocycles. The van der Waals surface area contributed by atoms with E-state index in [1.54, 1.807) is 0 Å². The van der Waals surface area contributed by atoms with E-state index in [0.717, 1.165) is 40.7 Å². The number of ether oxygens (including phenoxy) is 1. The molecule has 0 spiro atoms. The monoisotopic (exact) mass is 558 g/mol. The van der Waals surface area contributed by atoms with Crippen LogP contribution in [-0.2, 0) is 19.1 Å². The molecule has 0 aromatic heterocycles. The van der Waals surface area contributed by atoms with E-state index in [1.807, 2.05) is 38.1 Å². The predicted molar refractivity (Wildman–Crippen MR) is 159 cm³/mol. The Kier molecular flexibility index (Phi) is 9.79. The van der Waals surface area contributed by atoms with Crippen LogP contribution in [0, 0.1) is 11.3 Å². The summed E-state index contributed by atoms with van der Waals surface area (Å²) in [7, 11) is 0. The molecule has 1 atom stereocenters. The summed E-state index contributed by atoms with van der Waals surface area (Å²) in [6.07, 6.45) is 3.38. The number of Topliss-reactive ketones (excluding diaryl/α,β-unsaturated/α-hetero) is 2. The standard InChI is InChI=1S/C34H42N2O5/c1-22(2)17-29(32-30(38)18-34(3,4)19-31(32)39)35-16-10-9-11-23(20-37)36-33(40)41-21-28-26-14-7-5-12-24(26)25-13-6-8-15-27(25)28/h5-8,12-15,20,22-23,28,35H,9-11,16-19,21H2,1-4H3,(H,36,40)/t23-/m0/s1. The summed E-state index contributed by atoms with van der Waals surface area (Å²) in [5, 5.41) is 6.03. The van der Waals surface area contributed by atoms with E-state index in [9.17, 15) is 19.2 Å². The number of nitrogens with one attached hydrogen (secondary N) is 2. The van der Waals surface area contributed by atoms with Gasteiger partial charge in [-0.3, -0.25) is 9.59 Å². The maximum atomic E-state index is 12.8. The van der Waals surface area contributed by atoms with Gasteiger partial charge in [-0.15, -0.1) is 0 Å². The van der Waals surface area contributed by atoms with E-state index in [0.29, 0.717) is 50.1 Å². The van der Waals surface area contributed by atoms with Crippen molar-refractivity contribution in [3.8, 4) is 11.1 Å². The molecule has 2 aromatic rings. The van der Waals surface area contributed by atoms with Gasteiger partial charge in [0.15, 0.2) is 11.6 Å². The summed E-state index contributed by atoms with van der Waals surface area (Å²) in [4.78, 5) is 49.9. The molecule has 0 unspecified atom stereocenters. The third kappa shape index (κ3) is 7.51. The summed E-state index contributed by atoms with van der Waals surface area (Å²) in [6.45, 7) is 8.80. The number of hydrogen-bond donors (Lipinski definition) is 2. The van der Waals surface area contributed by atoms with Gasteiger partial charge in [0.2, 0.25) is 0 Å². The second kappa shape index (κ2) is 13.3. The first-order valence-corrected chi connectivity index (χ1v) is 14.7. The van der Waals surface area contributed by atoms with Crippen LogP contribution in [0.1, 0.15) is 83.3 Å². The number of hydrogen-bond acceptors (Lipinski definition) is 6. The Morgan fingerprint density at radius 2 is 1.56 bits per heavy atom. The number of alkyl carbamates (subject to hydrolysis) is 1. The van der Waals surface area contributed by atoms with Crippen molar-refractivity contribution in [1.82, 2.24) is 10.6 Å². The average molecular weight is 559 g/mol. The molecule has 4 rings (SSSR count). The van der Waals surface area contributed by atoms with Crippen LogP contribution in [0.5, 0.6) is 0 Å². The van der Waals surface area contributed by atoms with E-state index in [-0.39, 0.29) is 29.5 Å². The fourth-order valence-electron chi connectivity index (χ4n) is 5.97. The molecule has 41 heavy (non-hydrogen) atoms. The van der Waals surface area contributed by atoms with E-state index < -0.39 is 12.1 Å². The molecule has 2 N–H and O–H groups in total. The highest BCUT2D eigenvalue weighted by Gasteiger charge is 2.37. The number of ketones is 2. The Morgan fingerprint density at radius 1 is 0.976 bits per heavy atom. The van der Waals surface area contributed by atoms with Crippen molar-refractivity contribution >= 4 is 23.9 Å². The third-order valence-corrected chi connectivity index (χ3v) is 7.84. The molecule has 2 aromatic carbocycles. The number of amides is 1. The Bertz CT molecular complexity index is 1260. The number of fused-ring (bicyclic) bond motifs is 3. The SMILES string of the molecule is CC(C)CC(NCCCC[C@@H](C=O)NC(=O)OCC1c2ccccc2-c2ccccc21)=C1C(=O)CC(C)(C)CC1=O. The summed E-state index contributed by atoms with van der Waals surface area (Å²) in [6, 6.07) is 15.6. The van der Waals surface area contributed by atoms with Gasteiger partial charge in [0.25, 0.3) is 0 Å². The summed E-state index contributed by atoms with van der Waals surface area (Å²) >= 11 is 0. The van der Waals surface area contributed by atoms with Gasteiger partial charge in [-0.1, -0.05) is 76.2 Å². The minimum Gasteiger partial charge on any atom is -0.449 e. The minimum atomic E-state index is -0.650. The highest BCUT2D eigenvalue weighted by Crippen LogP contribution is 2.44. The van der Waals surface area contributed by atoms with Gasteiger partial charge in [0, 0.05) is 31.0 Å². The van der Waals surface area contributed by atoms with Crippen LogP contribution in [0.25, 0.3) is 11.1 Å². The van der Waals surface area contributed by atoms with Crippen molar-refractivity contribution in [1.29, 1.82) is 0 Å². The van der Waals surface area contributed by atoms with Crippen molar-refractivity contribution in [2.45, 2.75) is 78.2 Å². The maximum absolute atomic E-state index is 12.8. The van der Waals surface area contributed by atoms with Gasteiger partial charge in [0.1, 0.15) is 12.9 Å². The van der Waals surface area contributed by atoms with Gasteiger partial charge in [-0.25, -0.2) is 4.79 Å². The smallest absolute Gasteiger partial charge is 0.407 e. The van der Waals surface area contributed by atoms with E-state index >= 15 is 0 Å². The van der Waals surface area contributed by atoms with Crippen molar-refractivity contribution in [3.05, 3.63) is 70.9 Å². The second-order valence-electron chi connectivity index (χ2n) is 12.5. The zero-order valence-corrected chi connectivity index (χ0v) is 24.6. The molecule has 0 radical (unpaired) electrons. The quantitative estimate of drug-likeness (QED) is 0.141. The molecular weight excluding hydrogens is 516 g/mol. The molecule has 2 aliphatic carbocycles. The molecule has 1 saturated carbocycles. The molecule has 218 valence electrons. The summed E-state index contributed by atoms with van der Waals surface area (Å²) in [5.74, 6) is 0.0869. The van der Waals surface area contributed by atoms with E-state index in [2.05, 4.69) is 48.7 Å². The van der Waals surface area contributed by atoms with Crippen LogP contribution in [-0.4, -0.2) is 43.1 Å². The van der Waals surface area contributed by atoms with Crippen LogP contribution in [0.3, 0.4) is 0 Å². The van der Waals surface area contributed by atoms with Crippen LogP contribution in [0.2, 0.25) is 0 Å². The van der Waals surface area contributed by atoms with E-state index in [1.165, 1.54) is 0 Å². The largest absolute Gasteiger partial charge is 0.449 e. The lowest BCUT2D eigenvalue weighted by molar-refractivity contribution is -0.127. The molecule has 0 saturated heterocycles. The third-order valence-electron chi connectivity index (χ3n) is 7.84. The van der Waals surface area contributed by atoms with Crippen molar-refractivity contribution in [2.24, 2.45) is 11.3 Å². The number of rotatable bonds is 12. The van der Waals surface area contributed by atoms with Gasteiger partial charge in [-0.2, -0.15) is 0 Å². The first-order valence-electron chi connectivity index (χ1n) is 14.7. The number of carbonyl (C=O) groups is 4. The minimum absolute atomic E-state index is 0.0444. The molecule has 7 heteroatoms. The first-order chi connectivity index (χ1) is 19.6. The maximum Gasteiger partial charge on any atom is 0.407 e. The lowest BCUT2D eigenvalue weighted by atomic mass is 9.73. The molecule has 0 bridgehead atoms. The molecule has 2 aliphatic rings. The first kappa shape index (κ1) is 30.2. The summed E-state index contributed by atoms with van der Waals surface area (Å²) in [5.41, 5.74) is 5.34. The van der Waals surface area contributed by atoms with Crippen LogP contribution < -0.4 is 10.6 Å². The molecule has 1 fully saturated rings. The van der Waals surface area contributed by atoms with E-state index in [4.69, 9.17) is 4.74 Å². The molecule has 0 heterocycles. The Balaban J connectivity index is 1.25.